The van der Waals surface area contributed by atoms with Crippen LogP contribution in [0.5, 0.6) is 5.75 Å². The molecule has 42 heavy (non-hydrogen) atoms. The number of nitrogens with zero attached hydrogens (tertiary/aromatic N) is 1. The van der Waals surface area contributed by atoms with Gasteiger partial charge in [0.1, 0.15) is 11.5 Å². The van der Waals surface area contributed by atoms with Crippen LogP contribution in [0.2, 0.25) is 0 Å². The number of carboxylic acid groups (broad SMARTS) is 1. The van der Waals surface area contributed by atoms with Crippen molar-refractivity contribution in [1.82, 2.24) is 10.2 Å². The van der Waals surface area contributed by atoms with E-state index in [0.29, 0.717) is 30.7 Å². The Bertz CT molecular complexity index is 1330. The van der Waals surface area contributed by atoms with Crippen molar-refractivity contribution in [3.05, 3.63) is 40.7 Å². The fourth-order valence-electron chi connectivity index (χ4n) is 6.96. The van der Waals surface area contributed by atoms with Crippen LogP contribution in [-0.4, -0.2) is 94.1 Å². The quantitative estimate of drug-likeness (QED) is 0.211. The number of carbonyl (C=O) groups is 4. The standard InChI is InChI=1S/C29H37N3O10/c1-15(40-22(36)8-11-31-26(37)18(30)5-6-21(34)35)27(38)41-19-7-9-29(39)20-13-16-3-4-17(14-33)24-23(16)28(29,25(19)42-24)10-12-32(20)2/h3-4,7,15,18,20,25,33,39H,5-6,8-14,30H2,1-2H3,(H,31,37)(H,34,35)/t15-,18-,20+,25-,28-,29+/m0/s1. The van der Waals surface area contributed by atoms with Gasteiger partial charge in [-0.05, 0) is 51.4 Å². The number of amides is 1. The summed E-state index contributed by atoms with van der Waals surface area (Å²) in [6, 6.07) is 2.60. The predicted octanol–water partition coefficient (Wildman–Crippen LogP) is -0.370. The van der Waals surface area contributed by atoms with E-state index >= 15 is 0 Å². The zero-order valence-electron chi connectivity index (χ0n) is 23.6. The molecule has 1 spiro atoms. The molecule has 6 atom stereocenters. The first-order chi connectivity index (χ1) is 19.9. The van der Waals surface area contributed by atoms with Gasteiger partial charge in [0.2, 0.25) is 5.91 Å². The molecule has 0 saturated carbocycles. The molecule has 0 aromatic heterocycles. The Balaban J connectivity index is 1.24. The molecule has 0 unspecified atom stereocenters. The average Bonchev–Trinajstić information content (AvgIpc) is 3.30. The minimum Gasteiger partial charge on any atom is -0.481 e. The van der Waals surface area contributed by atoms with Crippen molar-refractivity contribution in [3.8, 4) is 5.75 Å². The molecule has 1 aromatic carbocycles. The number of aliphatic hydroxyl groups is 2. The molecule has 5 rings (SSSR count). The Morgan fingerprint density at radius 3 is 2.74 bits per heavy atom. The molecule has 1 saturated heterocycles. The number of aliphatic carboxylic acids is 1. The number of nitrogens with one attached hydrogen (secondary N) is 1. The summed E-state index contributed by atoms with van der Waals surface area (Å²) in [5.41, 5.74) is 6.10. The number of hydrogen-bond donors (Lipinski definition) is 5. The normalized spacial score (nSPS) is 28.5. The van der Waals surface area contributed by atoms with Crippen molar-refractivity contribution in [2.45, 2.75) is 87.4 Å². The molecular weight excluding hydrogens is 550 g/mol. The molecule has 1 fully saturated rings. The van der Waals surface area contributed by atoms with E-state index in [9.17, 15) is 29.4 Å². The maximum atomic E-state index is 13.1. The Hall–Kier alpha value is -3.52. The van der Waals surface area contributed by atoms with Crippen LogP contribution in [0, 0.1) is 0 Å². The van der Waals surface area contributed by atoms with E-state index < -0.39 is 53.1 Å². The Labute approximate surface area is 242 Å². The third-order valence-corrected chi connectivity index (χ3v) is 9.12. The number of ether oxygens (including phenoxy) is 3. The number of aliphatic hydroxyl groups excluding tert-OH is 1. The molecule has 6 N–H and O–H groups in total. The van der Waals surface area contributed by atoms with Gasteiger partial charge in [0.25, 0.3) is 0 Å². The molecule has 1 amide bonds. The summed E-state index contributed by atoms with van der Waals surface area (Å²) in [5, 5.41) is 33.4. The maximum absolute atomic E-state index is 13.1. The minimum absolute atomic E-state index is 0.0429. The predicted molar refractivity (Wildman–Crippen MR) is 145 cm³/mol. The lowest BCUT2D eigenvalue weighted by atomic mass is 9.50. The lowest BCUT2D eigenvalue weighted by Gasteiger charge is -2.61. The van der Waals surface area contributed by atoms with Gasteiger partial charge in [-0.1, -0.05) is 12.1 Å². The number of likely N-dealkylation sites (N-methyl/N-ethyl adjacent to an activating group) is 1. The highest BCUT2D eigenvalue weighted by molar-refractivity contribution is 5.83. The van der Waals surface area contributed by atoms with E-state index in [1.54, 1.807) is 6.08 Å². The maximum Gasteiger partial charge on any atom is 0.352 e. The van der Waals surface area contributed by atoms with Gasteiger partial charge in [-0.2, -0.15) is 0 Å². The molecule has 0 radical (unpaired) electrons. The van der Waals surface area contributed by atoms with Crippen molar-refractivity contribution in [3.63, 3.8) is 0 Å². The third-order valence-electron chi connectivity index (χ3n) is 9.12. The summed E-state index contributed by atoms with van der Waals surface area (Å²) >= 11 is 0. The van der Waals surface area contributed by atoms with Gasteiger partial charge in [0, 0.05) is 36.6 Å². The van der Waals surface area contributed by atoms with E-state index in [1.165, 1.54) is 6.92 Å². The van der Waals surface area contributed by atoms with Crippen molar-refractivity contribution >= 4 is 23.8 Å². The van der Waals surface area contributed by atoms with E-state index in [0.717, 1.165) is 11.1 Å². The smallest absolute Gasteiger partial charge is 0.352 e. The largest absolute Gasteiger partial charge is 0.481 e. The third kappa shape index (κ3) is 4.83. The van der Waals surface area contributed by atoms with Crippen molar-refractivity contribution in [1.29, 1.82) is 0 Å². The first-order valence-corrected chi connectivity index (χ1v) is 14.1. The number of carboxylic acids is 1. The molecule has 13 heteroatoms. The summed E-state index contributed by atoms with van der Waals surface area (Å²) in [5.74, 6) is -2.49. The lowest BCUT2D eigenvalue weighted by Crippen LogP contribution is -2.74. The van der Waals surface area contributed by atoms with Crippen molar-refractivity contribution < 1.29 is 48.7 Å². The molecule has 4 aliphatic rings. The van der Waals surface area contributed by atoms with Crippen LogP contribution in [-0.2, 0) is 47.1 Å². The summed E-state index contributed by atoms with van der Waals surface area (Å²) in [7, 11) is 1.99. The SMILES string of the molecule is C[C@H](OC(=O)CCNC(=O)[C@@H](N)CCC(=O)O)C(=O)OC1=CC[C@@]2(O)[C@H]3Cc4ccc(CO)c5c4[C@@]2(CCN3C)[C@H]1O5. The highest BCUT2D eigenvalue weighted by Gasteiger charge is 2.71. The first kappa shape index (κ1) is 30.0. The van der Waals surface area contributed by atoms with Gasteiger partial charge in [-0.3, -0.25) is 14.4 Å². The van der Waals surface area contributed by atoms with E-state index in [-0.39, 0.29) is 50.6 Å². The molecular formula is C29H37N3O10. The van der Waals surface area contributed by atoms with Crippen molar-refractivity contribution in [2.24, 2.45) is 5.73 Å². The second-order valence-corrected chi connectivity index (χ2v) is 11.5. The van der Waals surface area contributed by atoms with Gasteiger partial charge in [0.05, 0.1) is 30.1 Å². The van der Waals surface area contributed by atoms with Gasteiger partial charge in [-0.25, -0.2) is 4.79 Å². The number of hydrogen-bond acceptors (Lipinski definition) is 11. The minimum atomic E-state index is -1.27. The Kier molecular flexibility index (Phi) is 8.05. The molecule has 2 aliphatic carbocycles. The highest BCUT2D eigenvalue weighted by atomic mass is 16.6. The second kappa shape index (κ2) is 11.3. The number of benzene rings is 1. The van der Waals surface area contributed by atoms with Gasteiger partial charge in [-0.15, -0.1) is 0 Å². The van der Waals surface area contributed by atoms with Crippen LogP contribution in [0.25, 0.3) is 0 Å². The Morgan fingerprint density at radius 2 is 2.02 bits per heavy atom. The van der Waals surface area contributed by atoms with Crippen LogP contribution >= 0.6 is 0 Å². The monoisotopic (exact) mass is 587 g/mol. The van der Waals surface area contributed by atoms with Crippen LogP contribution in [0.15, 0.2) is 24.0 Å². The van der Waals surface area contributed by atoms with Gasteiger partial charge >= 0.3 is 17.9 Å². The fraction of sp³-hybridized carbons (Fsp3) is 0.586. The average molecular weight is 588 g/mol. The van der Waals surface area contributed by atoms with Crippen LogP contribution in [0.4, 0.5) is 0 Å². The highest BCUT2D eigenvalue weighted by Crippen LogP contribution is 2.64. The number of likely N-dealkylation sites (tertiary alicyclic amines) is 1. The zero-order chi connectivity index (χ0) is 30.4. The van der Waals surface area contributed by atoms with Crippen LogP contribution in [0.1, 0.15) is 55.7 Å². The molecule has 13 nitrogen and oxygen atoms in total. The van der Waals surface area contributed by atoms with Gasteiger partial charge in [0.15, 0.2) is 12.2 Å². The number of carbonyl (C=O) groups excluding carboxylic acids is 3. The summed E-state index contributed by atoms with van der Waals surface area (Å²) in [6.45, 7) is 1.72. The van der Waals surface area contributed by atoms with Crippen LogP contribution in [0.3, 0.4) is 0 Å². The topological polar surface area (TPSA) is 198 Å². The molecule has 2 heterocycles. The van der Waals surface area contributed by atoms with E-state index in [1.807, 2.05) is 19.2 Å². The molecule has 1 aromatic rings. The summed E-state index contributed by atoms with van der Waals surface area (Å²) in [6.07, 6.45) is 0.470. The number of nitrogens with two attached hydrogens (primary N) is 1. The van der Waals surface area contributed by atoms with E-state index in [2.05, 4.69) is 10.2 Å². The van der Waals surface area contributed by atoms with E-state index in [4.69, 9.17) is 25.1 Å². The molecule has 2 aliphatic heterocycles. The lowest BCUT2D eigenvalue weighted by molar-refractivity contribution is -0.175. The zero-order valence-corrected chi connectivity index (χ0v) is 23.6. The number of esters is 2. The summed E-state index contributed by atoms with van der Waals surface area (Å²) in [4.78, 5) is 50.1. The van der Waals surface area contributed by atoms with Crippen LogP contribution < -0.4 is 15.8 Å². The molecule has 2 bridgehead atoms. The number of piperidine rings is 1. The van der Waals surface area contributed by atoms with Gasteiger partial charge < -0.3 is 45.5 Å². The number of rotatable bonds is 11. The fourth-order valence-corrected chi connectivity index (χ4v) is 6.96. The second-order valence-electron chi connectivity index (χ2n) is 11.5. The Morgan fingerprint density at radius 1 is 1.26 bits per heavy atom. The van der Waals surface area contributed by atoms with Crippen molar-refractivity contribution in [2.75, 3.05) is 20.1 Å². The summed E-state index contributed by atoms with van der Waals surface area (Å²) < 4.78 is 17.4. The molecule has 228 valence electrons. The first-order valence-electron chi connectivity index (χ1n) is 14.1.